The van der Waals surface area contributed by atoms with Gasteiger partial charge in [-0.15, -0.1) is 0 Å². The summed E-state index contributed by atoms with van der Waals surface area (Å²) in [7, 11) is 0. The highest BCUT2D eigenvalue weighted by molar-refractivity contribution is 6.28. The molecule has 0 aliphatic heterocycles. The van der Waals surface area contributed by atoms with Crippen molar-refractivity contribution in [3.8, 4) is 0 Å². The molecule has 0 unspecified atom stereocenters. The topological polar surface area (TPSA) is 58.0 Å². The highest BCUT2D eigenvalue weighted by Crippen LogP contribution is 2.22. The first-order valence-corrected chi connectivity index (χ1v) is 5.65. The summed E-state index contributed by atoms with van der Waals surface area (Å²) < 4.78 is 13.3. The molecule has 1 heterocycles. The maximum atomic E-state index is 13.3. The monoisotopic (exact) mass is 245 g/mol. The van der Waals surface area contributed by atoms with E-state index >= 15 is 0 Å². The molecule has 0 spiro atoms. The van der Waals surface area contributed by atoms with Crippen LogP contribution in [0.5, 0.6) is 0 Å². The first-order valence-electron chi connectivity index (χ1n) is 5.28. The van der Waals surface area contributed by atoms with Crippen molar-refractivity contribution in [2.75, 3.05) is 5.32 Å². The number of anilines is 1. The molecule has 0 saturated heterocycles. The molecule has 2 N–H and O–H groups in total. The molecule has 1 fully saturated rings. The van der Waals surface area contributed by atoms with Crippen molar-refractivity contribution in [3.63, 3.8) is 0 Å². The number of aromatic nitrogens is 2. The minimum Gasteiger partial charge on any atom is -0.393 e. The Labute approximate surface area is 97.9 Å². The van der Waals surface area contributed by atoms with E-state index in [0.717, 1.165) is 31.9 Å². The normalized spacial score (nSPS) is 25.4. The molecule has 1 aromatic heterocycles. The lowest BCUT2D eigenvalue weighted by Crippen LogP contribution is -2.29. The second-order valence-corrected chi connectivity index (χ2v) is 4.32. The van der Waals surface area contributed by atoms with Gasteiger partial charge < -0.3 is 10.4 Å². The fourth-order valence-corrected chi connectivity index (χ4v) is 1.99. The molecule has 0 amide bonds. The third kappa shape index (κ3) is 2.80. The van der Waals surface area contributed by atoms with E-state index < -0.39 is 5.82 Å². The third-order valence-corrected chi connectivity index (χ3v) is 2.93. The average Bonchev–Trinajstić information content (AvgIpc) is 2.27. The summed E-state index contributed by atoms with van der Waals surface area (Å²) >= 11 is 5.59. The van der Waals surface area contributed by atoms with E-state index in [0.29, 0.717) is 0 Å². The van der Waals surface area contributed by atoms with Crippen molar-refractivity contribution < 1.29 is 9.50 Å². The Bertz CT molecular complexity index is 369. The number of rotatable bonds is 2. The summed E-state index contributed by atoms with van der Waals surface area (Å²) in [6.45, 7) is 0. The van der Waals surface area contributed by atoms with Gasteiger partial charge in [-0.05, 0) is 37.3 Å². The van der Waals surface area contributed by atoms with Crippen molar-refractivity contribution in [2.45, 2.75) is 37.8 Å². The maximum absolute atomic E-state index is 13.3. The molecule has 4 nitrogen and oxygen atoms in total. The van der Waals surface area contributed by atoms with E-state index in [1.54, 1.807) is 0 Å². The van der Waals surface area contributed by atoms with Crippen LogP contribution in [0.15, 0.2) is 6.20 Å². The van der Waals surface area contributed by atoms with E-state index in [-0.39, 0.29) is 23.2 Å². The summed E-state index contributed by atoms with van der Waals surface area (Å²) in [5.41, 5.74) is 0. The van der Waals surface area contributed by atoms with Crippen LogP contribution in [0.1, 0.15) is 25.7 Å². The zero-order valence-electron chi connectivity index (χ0n) is 8.66. The van der Waals surface area contributed by atoms with Crippen molar-refractivity contribution in [2.24, 2.45) is 0 Å². The molecule has 2 rings (SSSR count). The number of halogens is 2. The number of aliphatic hydroxyl groups is 1. The Balaban J connectivity index is 2.00. The highest BCUT2D eigenvalue weighted by atomic mass is 35.5. The molecule has 1 aliphatic carbocycles. The largest absolute Gasteiger partial charge is 0.393 e. The molecule has 6 heteroatoms. The Morgan fingerprint density at radius 1 is 1.38 bits per heavy atom. The summed E-state index contributed by atoms with van der Waals surface area (Å²) in [4.78, 5) is 7.34. The van der Waals surface area contributed by atoms with Crippen LogP contribution in [-0.4, -0.2) is 27.2 Å². The molecule has 88 valence electrons. The first kappa shape index (κ1) is 11.5. The average molecular weight is 246 g/mol. The van der Waals surface area contributed by atoms with Gasteiger partial charge in [-0.1, -0.05) is 0 Å². The zero-order chi connectivity index (χ0) is 11.5. The van der Waals surface area contributed by atoms with E-state index in [9.17, 15) is 9.50 Å². The Morgan fingerprint density at radius 2 is 2.06 bits per heavy atom. The van der Waals surface area contributed by atoms with Gasteiger partial charge in [-0.2, -0.15) is 4.98 Å². The number of hydrogen-bond donors (Lipinski definition) is 2. The van der Waals surface area contributed by atoms with Crippen LogP contribution < -0.4 is 5.32 Å². The van der Waals surface area contributed by atoms with E-state index in [2.05, 4.69) is 15.3 Å². The van der Waals surface area contributed by atoms with Gasteiger partial charge in [0.2, 0.25) is 5.28 Å². The van der Waals surface area contributed by atoms with Crippen molar-refractivity contribution >= 4 is 17.4 Å². The van der Waals surface area contributed by atoms with Crippen molar-refractivity contribution in [1.29, 1.82) is 0 Å². The predicted molar refractivity (Wildman–Crippen MR) is 58.9 cm³/mol. The van der Waals surface area contributed by atoms with Crippen LogP contribution in [0.25, 0.3) is 0 Å². The van der Waals surface area contributed by atoms with Gasteiger partial charge in [-0.25, -0.2) is 9.37 Å². The standard InChI is InChI=1S/C10H13ClFN3O/c11-10-13-5-8(12)9(15-10)14-6-1-3-7(16)4-2-6/h5-7,16H,1-4H2,(H,13,14,15). The van der Waals surface area contributed by atoms with Crippen LogP contribution in [0.3, 0.4) is 0 Å². The van der Waals surface area contributed by atoms with Gasteiger partial charge in [0, 0.05) is 6.04 Å². The van der Waals surface area contributed by atoms with Crippen molar-refractivity contribution in [1.82, 2.24) is 9.97 Å². The molecule has 16 heavy (non-hydrogen) atoms. The first-order chi connectivity index (χ1) is 7.65. The molecule has 0 aromatic carbocycles. The lowest BCUT2D eigenvalue weighted by Gasteiger charge is -2.26. The van der Waals surface area contributed by atoms with E-state index in [1.807, 2.05) is 0 Å². The molecule has 0 atom stereocenters. The maximum Gasteiger partial charge on any atom is 0.224 e. The van der Waals surface area contributed by atoms with E-state index in [1.165, 1.54) is 0 Å². The van der Waals surface area contributed by atoms with Crippen LogP contribution >= 0.6 is 11.6 Å². The molecular weight excluding hydrogens is 233 g/mol. The van der Waals surface area contributed by atoms with Crippen molar-refractivity contribution in [3.05, 3.63) is 17.3 Å². The van der Waals surface area contributed by atoms with Gasteiger partial charge in [-0.3, -0.25) is 0 Å². The molecule has 1 aliphatic rings. The SMILES string of the molecule is OC1CCC(Nc2nc(Cl)ncc2F)CC1. The second kappa shape index (κ2) is 4.93. The summed E-state index contributed by atoms with van der Waals surface area (Å²) in [5.74, 6) is -0.364. The fraction of sp³-hybridized carbons (Fsp3) is 0.600. The predicted octanol–water partition coefficient (Wildman–Crippen LogP) is 1.98. The van der Waals surface area contributed by atoms with Gasteiger partial charge in [0.1, 0.15) is 0 Å². The lowest BCUT2D eigenvalue weighted by molar-refractivity contribution is 0.126. The fourth-order valence-electron chi connectivity index (χ4n) is 1.86. The van der Waals surface area contributed by atoms with Gasteiger partial charge in [0.05, 0.1) is 12.3 Å². The van der Waals surface area contributed by atoms with E-state index in [4.69, 9.17) is 11.6 Å². The zero-order valence-corrected chi connectivity index (χ0v) is 9.41. The number of nitrogens with one attached hydrogen (secondary N) is 1. The minimum absolute atomic E-state index is 0.0275. The van der Waals surface area contributed by atoms with Crippen LogP contribution in [-0.2, 0) is 0 Å². The van der Waals surface area contributed by atoms with Crippen LogP contribution in [0.4, 0.5) is 10.2 Å². The molecule has 1 aromatic rings. The van der Waals surface area contributed by atoms with Crippen LogP contribution in [0, 0.1) is 5.82 Å². The third-order valence-electron chi connectivity index (χ3n) is 2.75. The second-order valence-electron chi connectivity index (χ2n) is 3.99. The molecule has 1 saturated carbocycles. The summed E-state index contributed by atoms with van der Waals surface area (Å²) in [5, 5.41) is 12.4. The number of hydrogen-bond acceptors (Lipinski definition) is 4. The highest BCUT2D eigenvalue weighted by Gasteiger charge is 2.20. The molecule has 0 bridgehead atoms. The molecule has 0 radical (unpaired) electrons. The quantitative estimate of drug-likeness (QED) is 0.783. The summed E-state index contributed by atoms with van der Waals surface area (Å²) in [6, 6.07) is 0.142. The Hall–Kier alpha value is -0.940. The van der Waals surface area contributed by atoms with Gasteiger partial charge in [0.25, 0.3) is 0 Å². The number of nitrogens with zero attached hydrogens (tertiary/aromatic N) is 2. The Kier molecular flexibility index (Phi) is 3.56. The van der Waals surface area contributed by atoms with Gasteiger partial charge >= 0.3 is 0 Å². The van der Waals surface area contributed by atoms with Gasteiger partial charge in [0.15, 0.2) is 11.6 Å². The lowest BCUT2D eigenvalue weighted by atomic mass is 9.93. The summed E-state index contributed by atoms with van der Waals surface area (Å²) in [6.07, 6.45) is 3.91. The Morgan fingerprint density at radius 3 is 2.75 bits per heavy atom. The number of aliphatic hydroxyl groups excluding tert-OH is 1. The smallest absolute Gasteiger partial charge is 0.224 e. The van der Waals surface area contributed by atoms with Crippen LogP contribution in [0.2, 0.25) is 5.28 Å². The minimum atomic E-state index is -0.504. The molecular formula is C10H13ClFN3O.